The molecular formula is C18H19BrN2O2. The zero-order chi connectivity index (χ0) is 16.8. The van der Waals surface area contributed by atoms with Gasteiger partial charge in [0.2, 0.25) is 0 Å². The van der Waals surface area contributed by atoms with Gasteiger partial charge in [-0.25, -0.2) is 5.43 Å². The molecule has 0 fully saturated rings. The van der Waals surface area contributed by atoms with Crippen molar-refractivity contribution in [2.45, 2.75) is 20.8 Å². The fourth-order valence-electron chi connectivity index (χ4n) is 2.16. The van der Waals surface area contributed by atoms with E-state index in [1.807, 2.05) is 57.2 Å². The lowest BCUT2D eigenvalue weighted by molar-refractivity contribution is -0.123. The summed E-state index contributed by atoms with van der Waals surface area (Å²) in [6.07, 6.45) is 1.63. The highest BCUT2D eigenvalue weighted by Gasteiger charge is 2.08. The molecule has 2 rings (SSSR count). The fraction of sp³-hybridized carbons (Fsp3) is 0.222. The summed E-state index contributed by atoms with van der Waals surface area (Å²) >= 11 is 3.45. The predicted molar refractivity (Wildman–Crippen MR) is 96.0 cm³/mol. The lowest BCUT2D eigenvalue weighted by Crippen LogP contribution is -2.25. The van der Waals surface area contributed by atoms with Crippen molar-refractivity contribution in [1.82, 2.24) is 5.43 Å². The van der Waals surface area contributed by atoms with Gasteiger partial charge >= 0.3 is 0 Å². The van der Waals surface area contributed by atoms with Crippen molar-refractivity contribution in [3.05, 3.63) is 63.1 Å². The molecule has 0 aliphatic heterocycles. The van der Waals surface area contributed by atoms with Gasteiger partial charge in [-0.3, -0.25) is 4.79 Å². The molecule has 1 N–H and O–H groups in total. The molecule has 0 saturated heterocycles. The van der Waals surface area contributed by atoms with Gasteiger partial charge in [-0.05, 0) is 65.0 Å². The first-order valence-electron chi connectivity index (χ1n) is 7.24. The molecule has 4 nitrogen and oxygen atoms in total. The molecule has 0 saturated carbocycles. The van der Waals surface area contributed by atoms with Gasteiger partial charge in [0.25, 0.3) is 5.91 Å². The second kappa shape index (κ2) is 7.92. The maximum Gasteiger partial charge on any atom is 0.277 e. The van der Waals surface area contributed by atoms with E-state index < -0.39 is 0 Å². The lowest BCUT2D eigenvalue weighted by atomic mass is 10.1. The van der Waals surface area contributed by atoms with Crippen LogP contribution in [-0.4, -0.2) is 18.7 Å². The Kier molecular flexibility index (Phi) is 5.93. The average molecular weight is 375 g/mol. The SMILES string of the molecule is Cc1cc(C)c(OCC(=O)NN=Cc2ccccc2C)c(Br)c1. The number of halogens is 1. The molecular weight excluding hydrogens is 356 g/mol. The van der Waals surface area contributed by atoms with Crippen molar-refractivity contribution >= 4 is 28.1 Å². The number of carbonyl (C=O) groups is 1. The topological polar surface area (TPSA) is 50.7 Å². The third kappa shape index (κ3) is 4.93. The maximum absolute atomic E-state index is 11.8. The van der Waals surface area contributed by atoms with E-state index in [1.165, 1.54) is 0 Å². The third-order valence-corrected chi connectivity index (χ3v) is 3.89. The van der Waals surface area contributed by atoms with Gasteiger partial charge < -0.3 is 4.74 Å². The smallest absolute Gasteiger partial charge is 0.277 e. The Balaban J connectivity index is 1.90. The number of rotatable bonds is 5. The highest BCUT2D eigenvalue weighted by atomic mass is 79.9. The number of nitrogens with zero attached hydrogens (tertiary/aromatic N) is 1. The Morgan fingerprint density at radius 1 is 1.22 bits per heavy atom. The number of hydrogen-bond donors (Lipinski definition) is 1. The van der Waals surface area contributed by atoms with Crippen LogP contribution in [0.1, 0.15) is 22.3 Å². The summed E-state index contributed by atoms with van der Waals surface area (Å²) in [4.78, 5) is 11.8. The number of amides is 1. The monoisotopic (exact) mass is 374 g/mol. The Morgan fingerprint density at radius 2 is 1.96 bits per heavy atom. The van der Waals surface area contributed by atoms with E-state index >= 15 is 0 Å². The van der Waals surface area contributed by atoms with Gasteiger partial charge in [-0.15, -0.1) is 0 Å². The molecule has 0 bridgehead atoms. The molecule has 0 atom stereocenters. The summed E-state index contributed by atoms with van der Waals surface area (Å²) in [5.41, 5.74) is 6.64. The second-order valence-corrected chi connectivity index (χ2v) is 6.19. The van der Waals surface area contributed by atoms with Crippen molar-refractivity contribution in [3.8, 4) is 5.75 Å². The van der Waals surface area contributed by atoms with E-state index in [2.05, 4.69) is 26.5 Å². The van der Waals surface area contributed by atoms with Crippen LogP contribution in [0.4, 0.5) is 0 Å². The molecule has 0 unspecified atom stereocenters. The first-order valence-corrected chi connectivity index (χ1v) is 8.03. The molecule has 0 spiro atoms. The second-order valence-electron chi connectivity index (χ2n) is 5.33. The average Bonchev–Trinajstić information content (AvgIpc) is 2.48. The number of benzene rings is 2. The Hall–Kier alpha value is -2.14. The predicted octanol–water partition coefficient (Wildman–Crippen LogP) is 3.90. The number of hydrogen-bond acceptors (Lipinski definition) is 3. The fourth-order valence-corrected chi connectivity index (χ4v) is 2.95. The number of nitrogens with one attached hydrogen (secondary N) is 1. The highest BCUT2D eigenvalue weighted by Crippen LogP contribution is 2.30. The molecule has 120 valence electrons. The molecule has 0 radical (unpaired) electrons. The molecule has 0 aromatic heterocycles. The molecule has 23 heavy (non-hydrogen) atoms. The van der Waals surface area contributed by atoms with E-state index in [0.29, 0.717) is 5.75 Å². The lowest BCUT2D eigenvalue weighted by Gasteiger charge is -2.11. The summed E-state index contributed by atoms with van der Waals surface area (Å²) in [5, 5.41) is 3.96. The van der Waals surface area contributed by atoms with Crippen LogP contribution in [0, 0.1) is 20.8 Å². The molecule has 1 amide bonds. The van der Waals surface area contributed by atoms with Crippen LogP contribution in [0.25, 0.3) is 0 Å². The van der Waals surface area contributed by atoms with E-state index in [0.717, 1.165) is 26.7 Å². The van der Waals surface area contributed by atoms with Crippen LogP contribution in [0.5, 0.6) is 5.75 Å². The van der Waals surface area contributed by atoms with Crippen LogP contribution >= 0.6 is 15.9 Å². The van der Waals surface area contributed by atoms with Gasteiger partial charge in [0.05, 0.1) is 10.7 Å². The molecule has 2 aromatic carbocycles. The zero-order valence-electron chi connectivity index (χ0n) is 13.4. The summed E-state index contributed by atoms with van der Waals surface area (Å²) in [6, 6.07) is 11.8. The molecule has 0 aliphatic carbocycles. The van der Waals surface area contributed by atoms with Crippen molar-refractivity contribution in [2.75, 3.05) is 6.61 Å². The van der Waals surface area contributed by atoms with Gasteiger partial charge in [0, 0.05) is 0 Å². The van der Waals surface area contributed by atoms with Crippen LogP contribution in [0.2, 0.25) is 0 Å². The number of carbonyl (C=O) groups excluding carboxylic acids is 1. The van der Waals surface area contributed by atoms with Gasteiger partial charge in [-0.2, -0.15) is 5.10 Å². The summed E-state index contributed by atoms with van der Waals surface area (Å²) in [7, 11) is 0. The van der Waals surface area contributed by atoms with E-state index in [1.54, 1.807) is 6.21 Å². The summed E-state index contributed by atoms with van der Waals surface area (Å²) in [6.45, 7) is 5.85. The minimum absolute atomic E-state index is 0.0897. The minimum Gasteiger partial charge on any atom is -0.482 e. The van der Waals surface area contributed by atoms with Crippen molar-refractivity contribution in [1.29, 1.82) is 0 Å². The molecule has 2 aromatic rings. The highest BCUT2D eigenvalue weighted by molar-refractivity contribution is 9.10. The third-order valence-electron chi connectivity index (χ3n) is 3.30. The number of ether oxygens (including phenoxy) is 1. The van der Waals surface area contributed by atoms with E-state index in [-0.39, 0.29) is 12.5 Å². The quantitative estimate of drug-likeness (QED) is 0.637. The van der Waals surface area contributed by atoms with Crippen LogP contribution < -0.4 is 10.2 Å². The number of hydrazone groups is 1. The zero-order valence-corrected chi connectivity index (χ0v) is 15.0. The van der Waals surface area contributed by atoms with Gasteiger partial charge in [-0.1, -0.05) is 30.3 Å². The van der Waals surface area contributed by atoms with Crippen molar-refractivity contribution in [3.63, 3.8) is 0 Å². The van der Waals surface area contributed by atoms with Crippen LogP contribution in [0.15, 0.2) is 46.0 Å². The maximum atomic E-state index is 11.8. The molecule has 5 heteroatoms. The first-order chi connectivity index (χ1) is 11.0. The van der Waals surface area contributed by atoms with Gasteiger partial charge in [0.15, 0.2) is 6.61 Å². The first kappa shape index (κ1) is 17.2. The van der Waals surface area contributed by atoms with E-state index in [9.17, 15) is 4.79 Å². The summed E-state index contributed by atoms with van der Waals surface area (Å²) in [5.74, 6) is 0.371. The Morgan fingerprint density at radius 3 is 2.65 bits per heavy atom. The van der Waals surface area contributed by atoms with E-state index in [4.69, 9.17) is 4.74 Å². The van der Waals surface area contributed by atoms with Crippen molar-refractivity contribution < 1.29 is 9.53 Å². The normalized spacial score (nSPS) is 10.8. The molecule has 0 aliphatic rings. The molecule has 0 heterocycles. The standard InChI is InChI=1S/C18H19BrN2O2/c1-12-8-14(3)18(16(19)9-12)23-11-17(22)21-20-10-15-7-5-4-6-13(15)2/h4-10H,11H2,1-3H3,(H,21,22). The minimum atomic E-state index is -0.304. The number of aryl methyl sites for hydroxylation is 3. The van der Waals surface area contributed by atoms with Crippen molar-refractivity contribution in [2.24, 2.45) is 5.10 Å². The van der Waals surface area contributed by atoms with Crippen LogP contribution in [-0.2, 0) is 4.79 Å². The Labute approximate surface area is 144 Å². The van der Waals surface area contributed by atoms with Crippen LogP contribution in [0.3, 0.4) is 0 Å². The van der Waals surface area contributed by atoms with Gasteiger partial charge in [0.1, 0.15) is 5.75 Å². The summed E-state index contributed by atoms with van der Waals surface area (Å²) < 4.78 is 6.42. The Bertz CT molecular complexity index is 719. The largest absolute Gasteiger partial charge is 0.482 e.